The maximum Gasteiger partial charge on any atom is 0.276 e. The largest absolute Gasteiger partial charge is 0.377 e. The van der Waals surface area contributed by atoms with Crippen molar-refractivity contribution in [1.29, 1.82) is 0 Å². The topological polar surface area (TPSA) is 77.7 Å². The molecule has 2 saturated heterocycles. The van der Waals surface area contributed by atoms with E-state index < -0.39 is 0 Å². The molecule has 0 aliphatic carbocycles. The lowest BCUT2D eigenvalue weighted by atomic mass is 9.77. The molecule has 1 amide bonds. The first-order valence-electron chi connectivity index (χ1n) is 8.98. The van der Waals surface area contributed by atoms with Gasteiger partial charge >= 0.3 is 0 Å². The van der Waals surface area contributed by atoms with Crippen molar-refractivity contribution >= 4 is 5.91 Å². The van der Waals surface area contributed by atoms with Crippen LogP contribution >= 0.6 is 0 Å². The predicted molar refractivity (Wildman–Crippen MR) is 92.4 cm³/mol. The number of rotatable bonds is 5. The van der Waals surface area contributed by atoms with E-state index >= 15 is 0 Å². The summed E-state index contributed by atoms with van der Waals surface area (Å²) in [5, 5.41) is 3.86. The second kappa shape index (κ2) is 7.17. The third-order valence-corrected chi connectivity index (χ3v) is 5.27. The smallest absolute Gasteiger partial charge is 0.276 e. The van der Waals surface area contributed by atoms with Crippen LogP contribution in [0.4, 0.5) is 0 Å². The Hall–Kier alpha value is -2.25. The Kier molecular flexibility index (Phi) is 4.74. The van der Waals surface area contributed by atoms with Gasteiger partial charge in [0.15, 0.2) is 5.69 Å². The number of piperidine rings is 1. The zero-order chi connectivity index (χ0) is 18.0. The molecule has 2 aromatic heterocycles. The average molecular weight is 357 g/mol. The van der Waals surface area contributed by atoms with Crippen LogP contribution < -0.4 is 0 Å². The van der Waals surface area contributed by atoms with Gasteiger partial charge in [-0.2, -0.15) is 0 Å². The third-order valence-electron chi connectivity index (χ3n) is 5.27. The van der Waals surface area contributed by atoms with E-state index in [0.717, 1.165) is 18.5 Å². The second-order valence-electron chi connectivity index (χ2n) is 7.12. The highest BCUT2D eigenvalue weighted by atomic mass is 16.5. The molecule has 0 spiro atoms. The molecular weight excluding hydrogens is 334 g/mol. The number of pyridine rings is 1. The summed E-state index contributed by atoms with van der Waals surface area (Å²) in [7, 11) is 0. The van der Waals surface area contributed by atoms with Gasteiger partial charge in [0.05, 0.1) is 25.0 Å². The van der Waals surface area contributed by atoms with Crippen molar-refractivity contribution in [3.63, 3.8) is 0 Å². The highest BCUT2D eigenvalue weighted by Gasteiger charge is 2.49. The van der Waals surface area contributed by atoms with E-state index in [9.17, 15) is 4.79 Å². The van der Waals surface area contributed by atoms with Gasteiger partial charge in [-0.25, -0.2) is 0 Å². The molecule has 2 aromatic rings. The summed E-state index contributed by atoms with van der Waals surface area (Å²) >= 11 is 0. The first-order chi connectivity index (χ1) is 12.7. The van der Waals surface area contributed by atoms with Crippen LogP contribution in [0.2, 0.25) is 0 Å². The SMILES string of the molecule is Cc1cc(C(=O)N2CC[C@@H]3OCC[C@]3(COCc3ccccn3)C2)no1. The van der Waals surface area contributed by atoms with E-state index in [1.807, 2.05) is 23.1 Å². The maximum atomic E-state index is 12.8. The Morgan fingerprint density at radius 1 is 1.46 bits per heavy atom. The maximum absolute atomic E-state index is 12.8. The van der Waals surface area contributed by atoms with Gasteiger partial charge in [0, 0.05) is 37.4 Å². The molecule has 2 fully saturated rings. The van der Waals surface area contributed by atoms with E-state index in [4.69, 9.17) is 14.0 Å². The summed E-state index contributed by atoms with van der Waals surface area (Å²) in [5.74, 6) is 0.553. The molecule has 0 aromatic carbocycles. The van der Waals surface area contributed by atoms with Gasteiger partial charge in [0.25, 0.3) is 5.91 Å². The molecule has 7 heteroatoms. The number of fused-ring (bicyclic) bond motifs is 1. The quantitative estimate of drug-likeness (QED) is 0.816. The van der Waals surface area contributed by atoms with Crippen molar-refractivity contribution in [2.24, 2.45) is 5.41 Å². The number of carbonyl (C=O) groups is 1. The van der Waals surface area contributed by atoms with Crippen molar-refractivity contribution in [2.75, 3.05) is 26.3 Å². The van der Waals surface area contributed by atoms with Crippen LogP contribution in [0.1, 0.15) is 34.8 Å². The van der Waals surface area contributed by atoms with Gasteiger partial charge in [-0.3, -0.25) is 9.78 Å². The number of hydrogen-bond donors (Lipinski definition) is 0. The zero-order valence-electron chi connectivity index (χ0n) is 14.9. The lowest BCUT2D eigenvalue weighted by molar-refractivity contribution is -0.0607. The average Bonchev–Trinajstić information content (AvgIpc) is 3.27. The number of ether oxygens (including phenoxy) is 2. The van der Waals surface area contributed by atoms with E-state index in [1.54, 1.807) is 19.2 Å². The Morgan fingerprint density at radius 3 is 3.15 bits per heavy atom. The minimum Gasteiger partial charge on any atom is -0.377 e. The van der Waals surface area contributed by atoms with Crippen LogP contribution in [0.25, 0.3) is 0 Å². The molecule has 0 radical (unpaired) electrons. The highest BCUT2D eigenvalue weighted by Crippen LogP contribution is 2.41. The molecule has 2 aliphatic heterocycles. The molecule has 138 valence electrons. The first-order valence-corrected chi connectivity index (χ1v) is 8.98. The zero-order valence-corrected chi connectivity index (χ0v) is 14.9. The molecule has 2 atom stereocenters. The molecule has 0 bridgehead atoms. The van der Waals surface area contributed by atoms with Gasteiger partial charge in [-0.1, -0.05) is 11.2 Å². The van der Waals surface area contributed by atoms with Crippen LogP contribution in [0.5, 0.6) is 0 Å². The van der Waals surface area contributed by atoms with Crippen molar-refractivity contribution in [2.45, 2.75) is 32.5 Å². The van der Waals surface area contributed by atoms with Gasteiger partial charge in [0.1, 0.15) is 5.76 Å². The van der Waals surface area contributed by atoms with Gasteiger partial charge < -0.3 is 18.9 Å². The molecule has 26 heavy (non-hydrogen) atoms. The molecular formula is C19H23N3O4. The molecule has 4 heterocycles. The summed E-state index contributed by atoms with van der Waals surface area (Å²) in [5.41, 5.74) is 1.10. The minimum absolute atomic E-state index is 0.0868. The monoisotopic (exact) mass is 357 g/mol. The Bertz CT molecular complexity index is 763. The summed E-state index contributed by atoms with van der Waals surface area (Å²) < 4.78 is 17.0. The Balaban J connectivity index is 1.43. The van der Waals surface area contributed by atoms with Crippen LogP contribution in [0.15, 0.2) is 35.0 Å². The van der Waals surface area contributed by atoms with Crippen molar-refractivity contribution < 1.29 is 18.8 Å². The lowest BCUT2D eigenvalue weighted by Crippen LogP contribution is -2.53. The van der Waals surface area contributed by atoms with Crippen molar-refractivity contribution in [3.05, 3.63) is 47.6 Å². The summed E-state index contributed by atoms with van der Waals surface area (Å²) in [6, 6.07) is 7.47. The molecule has 0 N–H and O–H groups in total. The highest BCUT2D eigenvalue weighted by molar-refractivity contribution is 5.92. The molecule has 2 aliphatic rings. The second-order valence-corrected chi connectivity index (χ2v) is 7.12. The normalized spacial score (nSPS) is 25.3. The fraction of sp³-hybridized carbons (Fsp3) is 0.526. The van der Waals surface area contributed by atoms with Gasteiger partial charge in [-0.15, -0.1) is 0 Å². The molecule has 4 rings (SSSR count). The number of carbonyl (C=O) groups excluding carboxylic acids is 1. The van der Waals surface area contributed by atoms with E-state index in [0.29, 0.717) is 44.4 Å². The Labute approximate surface area is 152 Å². The summed E-state index contributed by atoms with van der Waals surface area (Å²) in [6.07, 6.45) is 3.60. The fourth-order valence-electron chi connectivity index (χ4n) is 3.90. The number of nitrogens with zero attached hydrogens (tertiary/aromatic N) is 3. The molecule has 0 unspecified atom stereocenters. The van der Waals surface area contributed by atoms with Crippen LogP contribution in [0, 0.1) is 12.3 Å². The number of amides is 1. The number of likely N-dealkylation sites (tertiary alicyclic amines) is 1. The summed E-state index contributed by atoms with van der Waals surface area (Å²) in [6.45, 7) is 4.79. The van der Waals surface area contributed by atoms with E-state index in [1.165, 1.54) is 0 Å². The standard InChI is InChI=1S/C19H23N3O4/c1-14-10-16(21-26-14)18(23)22-8-5-17-19(12-22,6-9-25-17)13-24-11-15-4-2-3-7-20-15/h2-4,7,10,17H,5-6,8-9,11-13H2,1H3/t17-,19+/m0/s1. The van der Waals surface area contributed by atoms with Crippen molar-refractivity contribution in [3.8, 4) is 0 Å². The fourth-order valence-corrected chi connectivity index (χ4v) is 3.90. The minimum atomic E-state index is -0.165. The van der Waals surface area contributed by atoms with Crippen LogP contribution in [-0.2, 0) is 16.1 Å². The number of aryl methyl sites for hydroxylation is 1. The van der Waals surface area contributed by atoms with Gasteiger partial charge in [-0.05, 0) is 31.9 Å². The first kappa shape index (κ1) is 17.2. The lowest BCUT2D eigenvalue weighted by Gasteiger charge is -2.43. The number of aromatic nitrogens is 2. The van der Waals surface area contributed by atoms with Crippen LogP contribution in [0.3, 0.4) is 0 Å². The van der Waals surface area contributed by atoms with E-state index in [-0.39, 0.29) is 17.4 Å². The number of hydrogen-bond acceptors (Lipinski definition) is 6. The summed E-state index contributed by atoms with van der Waals surface area (Å²) in [4.78, 5) is 18.9. The van der Waals surface area contributed by atoms with Crippen molar-refractivity contribution in [1.82, 2.24) is 15.0 Å². The van der Waals surface area contributed by atoms with Gasteiger partial charge in [0.2, 0.25) is 0 Å². The van der Waals surface area contributed by atoms with E-state index in [2.05, 4.69) is 10.1 Å². The molecule has 7 nitrogen and oxygen atoms in total. The third kappa shape index (κ3) is 3.37. The Morgan fingerprint density at radius 2 is 2.38 bits per heavy atom. The predicted octanol–water partition coefficient (Wildman–Crippen LogP) is 2.22. The molecule has 0 saturated carbocycles. The van der Waals surface area contributed by atoms with Crippen LogP contribution in [-0.4, -0.2) is 53.4 Å².